The molecule has 0 saturated carbocycles. The number of amides is 3. The van der Waals surface area contributed by atoms with E-state index in [0.29, 0.717) is 35.5 Å². The van der Waals surface area contributed by atoms with Gasteiger partial charge in [-0.05, 0) is 146 Å². The summed E-state index contributed by atoms with van der Waals surface area (Å²) in [5.74, 6) is -10.4. The van der Waals surface area contributed by atoms with Crippen LogP contribution in [0, 0.1) is 64.1 Å². The molecule has 100 heavy (non-hydrogen) atoms. The smallest absolute Gasteiger partial charge is 0.335 e. The van der Waals surface area contributed by atoms with Crippen molar-refractivity contribution in [3.05, 3.63) is 95.7 Å². The van der Waals surface area contributed by atoms with Crippen molar-refractivity contribution in [1.82, 2.24) is 16.0 Å². The maximum absolute atomic E-state index is 14.2. The van der Waals surface area contributed by atoms with Gasteiger partial charge in [-0.3, -0.25) is 19.2 Å². The molecule has 23 unspecified atom stereocenters. The number of fused-ring (bicyclic) bond motifs is 2. The first-order valence-electron chi connectivity index (χ1n) is 36.1. The molecule has 0 aromatic carbocycles. The molecule has 0 aliphatic carbocycles. The number of allylic oxidation sites excluding steroid dienone is 8. The van der Waals surface area contributed by atoms with Gasteiger partial charge in [0.2, 0.25) is 17.7 Å². The summed E-state index contributed by atoms with van der Waals surface area (Å²) >= 11 is 0. The van der Waals surface area contributed by atoms with E-state index in [1.165, 1.54) is 51.2 Å². The van der Waals surface area contributed by atoms with Crippen molar-refractivity contribution in [2.24, 2.45) is 64.1 Å². The van der Waals surface area contributed by atoms with Crippen LogP contribution >= 0.6 is 0 Å². The van der Waals surface area contributed by atoms with Gasteiger partial charge in [-0.1, -0.05) is 157 Å². The molecule has 0 aromatic heterocycles. The molecule has 0 radical (unpaired) electrons. The highest BCUT2D eigenvalue weighted by Gasteiger charge is 2.42. The summed E-state index contributed by atoms with van der Waals surface area (Å²) in [6.07, 6.45) is 10.4. The van der Waals surface area contributed by atoms with E-state index in [4.69, 9.17) is 9.47 Å². The van der Waals surface area contributed by atoms with Crippen LogP contribution in [0.4, 0.5) is 0 Å². The fourth-order valence-corrected chi connectivity index (χ4v) is 13.3. The lowest BCUT2D eigenvalue weighted by Gasteiger charge is -2.36. The summed E-state index contributed by atoms with van der Waals surface area (Å²) in [7, 11) is 0. The Morgan fingerprint density at radius 2 is 1.35 bits per heavy atom. The number of carbonyl (C=O) groups excluding carboxylic acids is 5. The number of aliphatic hydroxyl groups is 10. The molecule has 2 heterocycles. The van der Waals surface area contributed by atoms with Crippen LogP contribution in [0.15, 0.2) is 95.7 Å². The lowest BCUT2D eigenvalue weighted by atomic mass is 9.77. The molecule has 0 spiro atoms. The van der Waals surface area contributed by atoms with Crippen molar-refractivity contribution in [2.75, 3.05) is 0 Å². The number of carboxylic acids is 1. The average Bonchev–Trinajstić information content (AvgIpc) is 0.839. The van der Waals surface area contributed by atoms with Crippen LogP contribution in [0.2, 0.25) is 0 Å². The van der Waals surface area contributed by atoms with E-state index in [-0.39, 0.29) is 49.1 Å². The Labute approximate surface area is 596 Å². The maximum Gasteiger partial charge on any atom is 0.335 e. The van der Waals surface area contributed by atoms with Gasteiger partial charge in [-0.15, -0.1) is 0 Å². The van der Waals surface area contributed by atoms with E-state index in [1.54, 1.807) is 107 Å². The number of esters is 1. The van der Waals surface area contributed by atoms with Gasteiger partial charge in [0.25, 0.3) is 0 Å². The third-order valence-electron chi connectivity index (χ3n) is 20.1. The largest absolute Gasteiger partial charge is 0.479 e. The number of Topliss-reactive ketones (excluding diaryl/α,β-unsaturated/α-hetero) is 1. The molecule has 2 aliphatic rings. The van der Waals surface area contributed by atoms with Crippen LogP contribution in [0.5, 0.6) is 0 Å². The summed E-state index contributed by atoms with van der Waals surface area (Å²) in [5.41, 5.74) is -0.756. The van der Waals surface area contributed by atoms with Crippen molar-refractivity contribution in [3.8, 4) is 0 Å². The number of ketones is 1. The van der Waals surface area contributed by atoms with Gasteiger partial charge in [-0.2, -0.15) is 0 Å². The van der Waals surface area contributed by atoms with Gasteiger partial charge < -0.3 is 81.6 Å². The summed E-state index contributed by atoms with van der Waals surface area (Å²) in [6, 6.07) is -4.45. The predicted octanol–water partition coefficient (Wildman–Crippen LogP) is 7.75. The number of aliphatic carboxylic acids is 1. The second-order valence-corrected chi connectivity index (χ2v) is 31.0. The average molecular weight is 1410 g/mol. The zero-order chi connectivity index (χ0) is 76.4. The van der Waals surface area contributed by atoms with E-state index >= 15 is 0 Å². The lowest BCUT2D eigenvalue weighted by molar-refractivity contribution is -0.167. The van der Waals surface area contributed by atoms with Gasteiger partial charge >= 0.3 is 11.9 Å². The monoisotopic (exact) mass is 1410 g/mol. The normalized spacial score (nSPS) is 30.0. The highest BCUT2D eigenvalue weighted by Crippen LogP contribution is 2.35. The number of aliphatic hydroxyl groups excluding tert-OH is 10. The van der Waals surface area contributed by atoms with Crippen molar-refractivity contribution >= 4 is 35.4 Å². The quantitative estimate of drug-likeness (QED) is 0.0223. The lowest BCUT2D eigenvalue weighted by Crippen LogP contribution is -2.57. The van der Waals surface area contributed by atoms with Crippen LogP contribution in [0.25, 0.3) is 0 Å². The van der Waals surface area contributed by atoms with Crippen LogP contribution in [-0.2, 0) is 38.2 Å². The number of cyclic esters (lactones) is 1. The van der Waals surface area contributed by atoms with Gasteiger partial charge in [0.05, 0.1) is 85.1 Å². The molecule has 0 aromatic rings. The third kappa shape index (κ3) is 29.7. The molecule has 1 saturated heterocycles. The number of rotatable bonds is 26. The Bertz CT molecular complexity index is 2840. The molecule has 14 N–H and O–H groups in total. The minimum absolute atomic E-state index is 0.00391. The highest BCUT2D eigenvalue weighted by molar-refractivity contribution is 5.94. The molecule has 1 fully saturated rings. The summed E-state index contributed by atoms with van der Waals surface area (Å²) < 4.78 is 12.4. The van der Waals surface area contributed by atoms with Crippen LogP contribution in [0.3, 0.4) is 0 Å². The van der Waals surface area contributed by atoms with E-state index in [2.05, 4.69) is 22.9 Å². The van der Waals surface area contributed by atoms with E-state index in [9.17, 15) is 84.9 Å². The van der Waals surface area contributed by atoms with Crippen molar-refractivity contribution in [2.45, 2.75) is 293 Å². The van der Waals surface area contributed by atoms with Crippen molar-refractivity contribution in [3.63, 3.8) is 0 Å². The first-order valence-corrected chi connectivity index (χ1v) is 36.1. The SMILES string of the molecule is C/C1=C\CC(C(C)C(O)C(NC(=O)C(C)C(O)CCC(C)C(O)/C(C)=C/C(C)(C)C(O)C(CC(C)C)NC(=O)/C=C/C(C)(C)C(=O)C(C)C(O)C(C)C)C(C)O)OC(=O)C(C(O)C(=O)O)NC(=O)/C=C/C=C/C=C/C=C\CCCC2CC(C)CC(CC(O)C(C)C(O)/C(C)=C/C(C)C1O)O2. The summed E-state index contributed by atoms with van der Waals surface area (Å²) in [5, 5.41) is 132. The summed E-state index contributed by atoms with van der Waals surface area (Å²) in [4.78, 5) is 80.4. The molecular formula is C78H129N3O19. The Balaban J connectivity index is 2.46. The molecule has 2 rings (SSSR count). The standard InChI is InChI=1S/C78H129N3O19/c1-43(2)37-58(79-63(86)35-36-77(16,17)72(93)54(14)66(87)44(3)4)73(94)78(18,19)42-50(10)68(89)46(6)31-33-59(83)52(12)74(95)81-64(55(15)82)70(91)53(13)61-34-32-47(7)67(88)48(8)40-49(9)69(90)51(11)60(84)41-57-39-45(5)38-56(99-57)29-27-25-23-21-20-22-24-26-28-30-62(85)80-65(76(98)100-61)71(92)75(96)97/h20-24,26,28,30,32,35-36,40,42-46,48,51-61,64-71,73,82-84,87-92,94H,25,27,29,31,33-34,37-39,41H2,1-19H3,(H,79,86)(H,80,85)(H,81,95)(H,96,97)/b22-20+,23-21-,26-24+,30-28+,36-35+,47-32+,49-40+,50-42+. The number of ether oxygens (including phenoxy) is 2. The molecule has 23 atom stereocenters. The van der Waals surface area contributed by atoms with Crippen LogP contribution < -0.4 is 16.0 Å². The van der Waals surface area contributed by atoms with E-state index in [0.717, 1.165) is 38.2 Å². The molecule has 3 amide bonds. The van der Waals surface area contributed by atoms with Gasteiger partial charge in [0, 0.05) is 47.0 Å². The van der Waals surface area contributed by atoms with Crippen molar-refractivity contribution in [1.29, 1.82) is 0 Å². The first-order chi connectivity index (χ1) is 46.4. The maximum atomic E-state index is 14.2. The number of hydrogen-bond acceptors (Lipinski definition) is 18. The number of carbonyl (C=O) groups is 6. The van der Waals surface area contributed by atoms with Crippen LogP contribution in [0.1, 0.15) is 196 Å². The molecule has 22 nitrogen and oxygen atoms in total. The predicted molar refractivity (Wildman–Crippen MR) is 387 cm³/mol. The number of carboxylic acid groups (broad SMARTS) is 1. The fourth-order valence-electron chi connectivity index (χ4n) is 13.3. The van der Waals surface area contributed by atoms with Gasteiger partial charge in [0.1, 0.15) is 11.9 Å². The Morgan fingerprint density at radius 1 is 0.750 bits per heavy atom. The number of hydrogen-bond donors (Lipinski definition) is 14. The van der Waals surface area contributed by atoms with Crippen molar-refractivity contribution < 1.29 is 94.4 Å². The van der Waals surface area contributed by atoms with E-state index < -0.39 is 161 Å². The molecular weight excluding hydrogens is 1280 g/mol. The first kappa shape index (κ1) is 90.6. The Kier molecular flexibility index (Phi) is 38.9. The second kappa shape index (κ2) is 42.9. The zero-order valence-electron chi connectivity index (χ0n) is 63.2. The molecule has 2 aliphatic heterocycles. The molecule has 2 bridgehead atoms. The van der Waals surface area contributed by atoms with E-state index in [1.807, 2.05) is 39.8 Å². The van der Waals surface area contributed by atoms with Crippen LogP contribution in [-0.4, -0.2) is 189 Å². The topological polar surface area (TPSA) is 380 Å². The third-order valence-corrected chi connectivity index (χ3v) is 20.1. The molecule has 22 heteroatoms. The number of nitrogens with one attached hydrogen (secondary N) is 3. The minimum atomic E-state index is -2.53. The Morgan fingerprint density at radius 3 is 1.94 bits per heavy atom. The summed E-state index contributed by atoms with van der Waals surface area (Å²) in [6.45, 7) is 32.6. The minimum Gasteiger partial charge on any atom is -0.479 e. The van der Waals surface area contributed by atoms with Gasteiger partial charge in [-0.25, -0.2) is 9.59 Å². The second-order valence-electron chi connectivity index (χ2n) is 31.0. The molecule has 570 valence electrons. The van der Waals surface area contributed by atoms with Gasteiger partial charge in [0.15, 0.2) is 12.1 Å². The fraction of sp³-hybridized carbons (Fsp3) is 0.718. The Hall–Kier alpha value is -5.50. The zero-order valence-corrected chi connectivity index (χ0v) is 63.2. The highest BCUT2D eigenvalue weighted by atomic mass is 16.5.